The molecule has 6 heteroatoms. The molecule has 0 radical (unpaired) electrons. The summed E-state index contributed by atoms with van der Waals surface area (Å²) in [6.45, 7) is 0.0269. The first-order valence-corrected chi connectivity index (χ1v) is 4.54. The number of carbonyl (C=O) groups is 2. The van der Waals surface area contributed by atoms with E-state index in [0.717, 1.165) is 0 Å². The fourth-order valence-electron chi connectivity index (χ4n) is 1.10. The number of ether oxygens (including phenoxy) is 1. The van der Waals surface area contributed by atoms with Crippen LogP contribution in [0.5, 0.6) is 5.75 Å². The van der Waals surface area contributed by atoms with E-state index >= 15 is 0 Å². The van der Waals surface area contributed by atoms with Crippen molar-refractivity contribution in [1.29, 1.82) is 0 Å². The molecule has 0 saturated carbocycles. The quantitative estimate of drug-likeness (QED) is 0.619. The third kappa shape index (κ3) is 3.16. The van der Waals surface area contributed by atoms with E-state index in [9.17, 15) is 9.59 Å². The van der Waals surface area contributed by atoms with E-state index in [1.807, 2.05) is 0 Å². The van der Waals surface area contributed by atoms with E-state index in [4.69, 9.17) is 21.3 Å². The average Bonchev–Trinajstić information content (AvgIpc) is 2.16. The van der Waals surface area contributed by atoms with Gasteiger partial charge in [0, 0.05) is 11.8 Å². The van der Waals surface area contributed by atoms with E-state index in [0.29, 0.717) is 5.69 Å². The fraction of sp³-hybridized carbons (Fsp3) is 0.200. The Labute approximate surface area is 91.8 Å². The Hall–Kier alpha value is -2.24. The molecule has 0 fully saturated rings. The van der Waals surface area contributed by atoms with E-state index < -0.39 is 11.9 Å². The van der Waals surface area contributed by atoms with Gasteiger partial charge in [0.15, 0.2) is 0 Å². The standard InChI is InChI=1S/C10H12N2O4/c11-6-1-2-7(10(14)15)8(5-6)16-4-3-9(12)13/h1-2,5H,3-4,11H2,(H2,12,13)(H,14,15). The predicted molar refractivity (Wildman–Crippen MR) is 57.1 cm³/mol. The maximum atomic E-state index is 10.8. The van der Waals surface area contributed by atoms with Crippen LogP contribution in [-0.4, -0.2) is 23.6 Å². The van der Waals surface area contributed by atoms with Gasteiger partial charge in [-0.05, 0) is 12.1 Å². The highest BCUT2D eigenvalue weighted by molar-refractivity contribution is 5.91. The summed E-state index contributed by atoms with van der Waals surface area (Å²) in [7, 11) is 0. The Bertz CT molecular complexity index is 417. The normalized spacial score (nSPS) is 9.75. The summed E-state index contributed by atoms with van der Waals surface area (Å²) in [5.74, 6) is -1.50. The van der Waals surface area contributed by atoms with Crippen molar-refractivity contribution in [2.45, 2.75) is 6.42 Å². The highest BCUT2D eigenvalue weighted by Gasteiger charge is 2.11. The lowest BCUT2D eigenvalue weighted by atomic mass is 10.2. The maximum Gasteiger partial charge on any atom is 0.339 e. The minimum atomic E-state index is -1.12. The molecular formula is C10H12N2O4. The Morgan fingerprint density at radius 2 is 2.06 bits per heavy atom. The molecule has 16 heavy (non-hydrogen) atoms. The number of carbonyl (C=O) groups excluding carboxylic acids is 1. The van der Waals surface area contributed by atoms with Gasteiger partial charge in [-0.25, -0.2) is 4.79 Å². The number of nitrogen functional groups attached to an aromatic ring is 1. The average molecular weight is 224 g/mol. The van der Waals surface area contributed by atoms with Gasteiger partial charge >= 0.3 is 5.97 Å². The Morgan fingerprint density at radius 3 is 2.62 bits per heavy atom. The molecule has 1 rings (SSSR count). The number of nitrogens with two attached hydrogens (primary N) is 2. The Kier molecular flexibility index (Phi) is 3.71. The molecule has 1 aromatic rings. The number of hydrogen-bond acceptors (Lipinski definition) is 4. The van der Waals surface area contributed by atoms with Crippen molar-refractivity contribution in [3.63, 3.8) is 0 Å². The Morgan fingerprint density at radius 1 is 1.38 bits per heavy atom. The van der Waals surface area contributed by atoms with Crippen LogP contribution in [0.2, 0.25) is 0 Å². The zero-order valence-electron chi connectivity index (χ0n) is 8.47. The van der Waals surface area contributed by atoms with Gasteiger partial charge in [-0.3, -0.25) is 4.79 Å². The highest BCUT2D eigenvalue weighted by Crippen LogP contribution is 2.21. The van der Waals surface area contributed by atoms with E-state index in [-0.39, 0.29) is 24.3 Å². The first-order valence-electron chi connectivity index (χ1n) is 4.54. The smallest absolute Gasteiger partial charge is 0.339 e. The second-order valence-electron chi connectivity index (χ2n) is 3.13. The number of primary amides is 1. The van der Waals surface area contributed by atoms with Gasteiger partial charge in [-0.15, -0.1) is 0 Å². The molecule has 0 saturated heterocycles. The number of benzene rings is 1. The number of hydrogen-bond donors (Lipinski definition) is 3. The van der Waals surface area contributed by atoms with E-state index in [2.05, 4.69) is 0 Å². The van der Waals surface area contributed by atoms with Crippen LogP contribution in [0.15, 0.2) is 18.2 Å². The molecule has 0 aromatic heterocycles. The second-order valence-corrected chi connectivity index (χ2v) is 3.13. The molecule has 5 N–H and O–H groups in total. The summed E-state index contributed by atoms with van der Waals surface area (Å²) >= 11 is 0. The molecule has 0 bridgehead atoms. The molecule has 0 unspecified atom stereocenters. The van der Waals surface area contributed by atoms with Crippen molar-refractivity contribution in [1.82, 2.24) is 0 Å². The first-order chi connectivity index (χ1) is 7.50. The van der Waals surface area contributed by atoms with Gasteiger partial charge in [-0.1, -0.05) is 0 Å². The van der Waals surface area contributed by atoms with Gasteiger partial charge in [0.05, 0.1) is 13.0 Å². The van der Waals surface area contributed by atoms with Gasteiger partial charge in [0.1, 0.15) is 11.3 Å². The molecule has 1 aromatic carbocycles. The summed E-state index contributed by atoms with van der Waals surface area (Å²) in [6, 6.07) is 4.20. The summed E-state index contributed by atoms with van der Waals surface area (Å²) in [6.07, 6.45) is 0.0217. The molecule has 0 aliphatic rings. The van der Waals surface area contributed by atoms with Crippen molar-refractivity contribution in [2.24, 2.45) is 5.73 Å². The number of anilines is 1. The van der Waals surface area contributed by atoms with Crippen LogP contribution in [-0.2, 0) is 4.79 Å². The maximum absolute atomic E-state index is 10.8. The topological polar surface area (TPSA) is 116 Å². The number of amides is 1. The third-order valence-electron chi connectivity index (χ3n) is 1.84. The van der Waals surface area contributed by atoms with E-state index in [1.54, 1.807) is 0 Å². The molecule has 0 spiro atoms. The second kappa shape index (κ2) is 5.01. The minimum absolute atomic E-state index is 0.00123. The number of carboxylic acid groups (broad SMARTS) is 1. The number of carboxylic acids is 1. The van der Waals surface area contributed by atoms with Gasteiger partial charge < -0.3 is 21.3 Å². The van der Waals surface area contributed by atoms with Gasteiger partial charge in [-0.2, -0.15) is 0 Å². The van der Waals surface area contributed by atoms with Crippen molar-refractivity contribution in [3.8, 4) is 5.75 Å². The molecule has 6 nitrogen and oxygen atoms in total. The number of aromatic carboxylic acids is 1. The van der Waals surface area contributed by atoms with Crippen LogP contribution < -0.4 is 16.2 Å². The predicted octanol–water partition coefficient (Wildman–Crippen LogP) is 0.221. The zero-order valence-corrected chi connectivity index (χ0v) is 8.47. The molecular weight excluding hydrogens is 212 g/mol. The lowest BCUT2D eigenvalue weighted by Crippen LogP contribution is -2.15. The summed E-state index contributed by atoms with van der Waals surface area (Å²) in [5.41, 5.74) is 10.8. The number of rotatable bonds is 5. The fourth-order valence-corrected chi connectivity index (χ4v) is 1.10. The van der Waals surface area contributed by atoms with Crippen LogP contribution >= 0.6 is 0 Å². The lowest BCUT2D eigenvalue weighted by molar-refractivity contribution is -0.118. The zero-order chi connectivity index (χ0) is 12.1. The molecule has 0 aliphatic heterocycles. The van der Waals surface area contributed by atoms with Crippen LogP contribution in [0.1, 0.15) is 16.8 Å². The molecule has 0 atom stereocenters. The Balaban J connectivity index is 2.80. The summed E-state index contributed by atoms with van der Waals surface area (Å²) in [5, 5.41) is 8.85. The van der Waals surface area contributed by atoms with E-state index in [1.165, 1.54) is 18.2 Å². The van der Waals surface area contributed by atoms with Gasteiger partial charge in [0.2, 0.25) is 5.91 Å². The van der Waals surface area contributed by atoms with Crippen molar-refractivity contribution >= 4 is 17.6 Å². The van der Waals surface area contributed by atoms with Crippen LogP contribution in [0.4, 0.5) is 5.69 Å². The third-order valence-corrected chi connectivity index (χ3v) is 1.84. The van der Waals surface area contributed by atoms with Crippen molar-refractivity contribution < 1.29 is 19.4 Å². The minimum Gasteiger partial charge on any atom is -0.492 e. The van der Waals surface area contributed by atoms with Crippen molar-refractivity contribution in [2.75, 3.05) is 12.3 Å². The largest absolute Gasteiger partial charge is 0.492 e. The highest BCUT2D eigenvalue weighted by atomic mass is 16.5. The van der Waals surface area contributed by atoms with Crippen LogP contribution in [0, 0.1) is 0 Å². The SMILES string of the molecule is NC(=O)CCOc1cc(N)ccc1C(=O)O. The monoisotopic (exact) mass is 224 g/mol. The first kappa shape index (κ1) is 11.8. The molecule has 1 amide bonds. The molecule has 86 valence electrons. The van der Waals surface area contributed by atoms with Crippen LogP contribution in [0.3, 0.4) is 0 Å². The summed E-state index contributed by atoms with van der Waals surface area (Å²) in [4.78, 5) is 21.3. The molecule has 0 heterocycles. The molecule has 0 aliphatic carbocycles. The lowest BCUT2D eigenvalue weighted by Gasteiger charge is -2.08. The summed E-state index contributed by atoms with van der Waals surface area (Å²) < 4.78 is 5.13. The van der Waals surface area contributed by atoms with Crippen LogP contribution in [0.25, 0.3) is 0 Å². The van der Waals surface area contributed by atoms with Gasteiger partial charge in [0.25, 0.3) is 0 Å². The van der Waals surface area contributed by atoms with Crippen molar-refractivity contribution in [3.05, 3.63) is 23.8 Å².